The summed E-state index contributed by atoms with van der Waals surface area (Å²) >= 11 is 2.28. The molecule has 1 aliphatic rings. The third kappa shape index (κ3) is 1.54. The number of alkyl halides is 1. The summed E-state index contributed by atoms with van der Waals surface area (Å²) in [6.45, 7) is 1.98. The van der Waals surface area contributed by atoms with Crippen LogP contribution in [0.5, 0.6) is 0 Å². The first kappa shape index (κ1) is 9.96. The zero-order valence-corrected chi connectivity index (χ0v) is 10.0. The predicted molar refractivity (Wildman–Crippen MR) is 62.3 cm³/mol. The van der Waals surface area contributed by atoms with Gasteiger partial charge in [0.15, 0.2) is 0 Å². The lowest BCUT2D eigenvalue weighted by Crippen LogP contribution is -2.28. The Morgan fingerprint density at radius 1 is 1.43 bits per heavy atom. The summed E-state index contributed by atoms with van der Waals surface area (Å²) in [6.07, 6.45) is 0.506. The third-order valence-electron chi connectivity index (χ3n) is 2.62. The Kier molecular flexibility index (Phi) is 2.51. The summed E-state index contributed by atoms with van der Waals surface area (Å²) in [5.74, 6) is -0.101. The second-order valence-electron chi connectivity index (χ2n) is 3.62. The molecule has 0 spiro atoms. The van der Waals surface area contributed by atoms with Gasteiger partial charge in [-0.25, -0.2) is 0 Å². The van der Waals surface area contributed by atoms with Gasteiger partial charge in [-0.3, -0.25) is 4.79 Å². The maximum atomic E-state index is 11.2. The Morgan fingerprint density at radius 2 is 2.07 bits per heavy atom. The molecule has 1 saturated heterocycles. The van der Waals surface area contributed by atoms with Crippen LogP contribution in [0.1, 0.15) is 18.9 Å². The molecular formula is C11H11IO2. The Labute approximate surface area is 96.8 Å². The monoisotopic (exact) mass is 302 g/mol. The third-order valence-corrected chi connectivity index (χ3v) is 4.25. The molecule has 2 nitrogen and oxygen atoms in total. The van der Waals surface area contributed by atoms with E-state index >= 15 is 0 Å². The molecule has 0 aliphatic carbocycles. The van der Waals surface area contributed by atoms with Crippen molar-refractivity contribution in [1.82, 2.24) is 0 Å². The summed E-state index contributed by atoms with van der Waals surface area (Å²) in [5.41, 5.74) is 0.629. The maximum absolute atomic E-state index is 11.2. The zero-order valence-electron chi connectivity index (χ0n) is 7.87. The number of halogens is 1. The molecule has 0 saturated carbocycles. The van der Waals surface area contributed by atoms with Crippen molar-refractivity contribution in [1.29, 1.82) is 0 Å². The van der Waals surface area contributed by atoms with Gasteiger partial charge < -0.3 is 4.74 Å². The number of carbonyl (C=O) groups is 1. The average Bonchev–Trinajstić information content (AvgIpc) is 2.43. The number of benzene rings is 1. The van der Waals surface area contributed by atoms with E-state index in [-0.39, 0.29) is 9.89 Å². The minimum Gasteiger partial charge on any atom is -0.453 e. The number of rotatable bonds is 1. The SMILES string of the molecule is C[C@]1(c2ccccc2)OC(=O)C[C@@H]1I. The highest BCUT2D eigenvalue weighted by atomic mass is 127. The Morgan fingerprint density at radius 3 is 2.57 bits per heavy atom. The summed E-state index contributed by atoms with van der Waals surface area (Å²) < 4.78 is 5.62. The lowest BCUT2D eigenvalue weighted by Gasteiger charge is -2.26. The van der Waals surface area contributed by atoms with Crippen LogP contribution < -0.4 is 0 Å². The lowest BCUT2D eigenvalue weighted by molar-refractivity contribution is -0.147. The van der Waals surface area contributed by atoms with E-state index in [9.17, 15) is 4.79 Å². The van der Waals surface area contributed by atoms with Gasteiger partial charge in [0.2, 0.25) is 0 Å². The lowest BCUT2D eigenvalue weighted by atomic mass is 9.93. The van der Waals surface area contributed by atoms with E-state index in [1.807, 2.05) is 37.3 Å². The highest BCUT2D eigenvalue weighted by Gasteiger charge is 2.45. The molecule has 0 bridgehead atoms. The highest BCUT2D eigenvalue weighted by Crippen LogP contribution is 2.41. The molecule has 1 aromatic carbocycles. The number of hydrogen-bond acceptors (Lipinski definition) is 2. The molecule has 2 rings (SSSR count). The predicted octanol–water partition coefficient (Wildman–Crippen LogP) is 2.65. The van der Waals surface area contributed by atoms with Crippen LogP contribution in [0.25, 0.3) is 0 Å². The van der Waals surface area contributed by atoms with E-state index in [0.717, 1.165) is 5.56 Å². The van der Waals surface area contributed by atoms with Crippen molar-refractivity contribution >= 4 is 28.6 Å². The minimum absolute atomic E-state index is 0.101. The van der Waals surface area contributed by atoms with Gasteiger partial charge in [0.05, 0.1) is 10.3 Å². The van der Waals surface area contributed by atoms with Crippen LogP contribution in [0, 0.1) is 0 Å². The zero-order chi connectivity index (χ0) is 10.2. The first-order valence-corrected chi connectivity index (χ1v) is 5.79. The van der Waals surface area contributed by atoms with Gasteiger partial charge in [0.25, 0.3) is 0 Å². The Balaban J connectivity index is 2.38. The molecular weight excluding hydrogens is 291 g/mol. The largest absolute Gasteiger partial charge is 0.453 e. The van der Waals surface area contributed by atoms with Crippen molar-refractivity contribution in [3.8, 4) is 0 Å². The number of esters is 1. The van der Waals surface area contributed by atoms with Crippen LogP contribution in [0.15, 0.2) is 30.3 Å². The van der Waals surface area contributed by atoms with E-state index in [2.05, 4.69) is 22.6 Å². The quantitative estimate of drug-likeness (QED) is 0.453. The molecule has 74 valence electrons. The van der Waals surface area contributed by atoms with E-state index in [1.54, 1.807) is 0 Å². The topological polar surface area (TPSA) is 26.3 Å². The molecule has 1 aliphatic heterocycles. The van der Waals surface area contributed by atoms with Gasteiger partial charge in [-0.15, -0.1) is 0 Å². The molecule has 14 heavy (non-hydrogen) atoms. The Bertz CT molecular complexity index is 350. The van der Waals surface area contributed by atoms with Gasteiger partial charge in [0.1, 0.15) is 5.60 Å². The van der Waals surface area contributed by atoms with E-state index in [0.29, 0.717) is 6.42 Å². The molecule has 0 aromatic heterocycles. The van der Waals surface area contributed by atoms with Crippen LogP contribution in [0.3, 0.4) is 0 Å². The normalized spacial score (nSPS) is 31.6. The van der Waals surface area contributed by atoms with E-state index in [4.69, 9.17) is 4.74 Å². The van der Waals surface area contributed by atoms with Crippen LogP contribution in [0.2, 0.25) is 0 Å². The summed E-state index contributed by atoms with van der Waals surface area (Å²) in [4.78, 5) is 11.2. The fourth-order valence-corrected chi connectivity index (χ4v) is 2.54. The second kappa shape index (κ2) is 3.53. The van der Waals surface area contributed by atoms with Gasteiger partial charge in [-0.05, 0) is 12.5 Å². The first-order valence-electron chi connectivity index (χ1n) is 4.54. The van der Waals surface area contributed by atoms with Crippen molar-refractivity contribution in [2.75, 3.05) is 0 Å². The molecule has 0 radical (unpaired) electrons. The number of carbonyl (C=O) groups excluding carboxylic acids is 1. The maximum Gasteiger partial charge on any atom is 0.307 e. The van der Waals surface area contributed by atoms with E-state index in [1.165, 1.54) is 0 Å². The van der Waals surface area contributed by atoms with Gasteiger partial charge >= 0.3 is 5.97 Å². The highest BCUT2D eigenvalue weighted by molar-refractivity contribution is 14.1. The van der Waals surface area contributed by atoms with Crippen molar-refractivity contribution < 1.29 is 9.53 Å². The van der Waals surface area contributed by atoms with Gasteiger partial charge in [-0.1, -0.05) is 52.9 Å². The smallest absolute Gasteiger partial charge is 0.307 e. The number of hydrogen-bond donors (Lipinski definition) is 0. The second-order valence-corrected chi connectivity index (χ2v) is 5.12. The summed E-state index contributed by atoms with van der Waals surface area (Å²) in [5, 5.41) is 0. The van der Waals surface area contributed by atoms with E-state index < -0.39 is 5.60 Å². The molecule has 3 heteroatoms. The van der Waals surface area contributed by atoms with Crippen molar-refractivity contribution in [3.63, 3.8) is 0 Å². The van der Waals surface area contributed by atoms with Crippen LogP contribution in [0.4, 0.5) is 0 Å². The molecule has 1 heterocycles. The molecule has 1 aromatic rings. The van der Waals surface area contributed by atoms with Crippen molar-refractivity contribution in [3.05, 3.63) is 35.9 Å². The minimum atomic E-state index is -0.446. The van der Waals surface area contributed by atoms with Gasteiger partial charge in [0, 0.05) is 0 Å². The standard InChI is InChI=1S/C11H11IO2/c1-11(8-5-3-2-4-6-8)9(12)7-10(13)14-11/h2-6,9H,7H2,1H3/t9-,11+/m0/s1. The Hall–Kier alpha value is -0.580. The molecule has 2 atom stereocenters. The van der Waals surface area contributed by atoms with Crippen molar-refractivity contribution in [2.24, 2.45) is 0 Å². The average molecular weight is 302 g/mol. The summed E-state index contributed by atoms with van der Waals surface area (Å²) in [6, 6.07) is 9.91. The first-order chi connectivity index (χ1) is 6.63. The number of ether oxygens (including phenoxy) is 1. The fraction of sp³-hybridized carbons (Fsp3) is 0.364. The summed E-state index contributed by atoms with van der Waals surface area (Å²) in [7, 11) is 0. The molecule has 0 N–H and O–H groups in total. The van der Waals surface area contributed by atoms with Crippen LogP contribution in [-0.2, 0) is 15.1 Å². The van der Waals surface area contributed by atoms with Crippen LogP contribution >= 0.6 is 22.6 Å². The van der Waals surface area contributed by atoms with Gasteiger partial charge in [-0.2, -0.15) is 0 Å². The molecule has 1 fully saturated rings. The van der Waals surface area contributed by atoms with Crippen LogP contribution in [-0.4, -0.2) is 9.89 Å². The fourth-order valence-electron chi connectivity index (χ4n) is 1.69. The molecule has 0 amide bonds. The number of cyclic esters (lactones) is 1. The molecule has 0 unspecified atom stereocenters. The van der Waals surface area contributed by atoms with Crippen molar-refractivity contribution in [2.45, 2.75) is 22.9 Å².